The Hall–Kier alpha value is -1.82. The molecule has 1 aromatic rings. The van der Waals surface area contributed by atoms with Crippen molar-refractivity contribution in [2.75, 3.05) is 13.1 Å². The van der Waals surface area contributed by atoms with Crippen LogP contribution in [0.15, 0.2) is 18.3 Å². The van der Waals surface area contributed by atoms with Crippen LogP contribution >= 0.6 is 0 Å². The fourth-order valence-corrected chi connectivity index (χ4v) is 1.82. The Balaban J connectivity index is 2.41. The van der Waals surface area contributed by atoms with E-state index in [2.05, 4.69) is 10.3 Å². The normalized spacial score (nSPS) is 11.5. The summed E-state index contributed by atoms with van der Waals surface area (Å²) in [6, 6.07) is 3.44. The average Bonchev–Trinajstić information content (AvgIpc) is 2.38. The third-order valence-corrected chi connectivity index (χ3v) is 2.90. The van der Waals surface area contributed by atoms with E-state index < -0.39 is 5.60 Å². The maximum atomic E-state index is 12.1. The highest BCUT2D eigenvalue weighted by molar-refractivity contribution is 5.68. The molecule has 1 amide bonds. The van der Waals surface area contributed by atoms with Crippen LogP contribution in [0.2, 0.25) is 0 Å². The quantitative estimate of drug-likeness (QED) is 0.790. The van der Waals surface area contributed by atoms with Crippen molar-refractivity contribution in [2.45, 2.75) is 52.8 Å². The topological polar surface area (TPSA) is 74.7 Å². The number of hydrogen-bond acceptors (Lipinski definition) is 5. The second kappa shape index (κ2) is 7.98. The Morgan fingerprint density at radius 3 is 2.59 bits per heavy atom. The van der Waals surface area contributed by atoms with E-state index in [-0.39, 0.29) is 17.9 Å². The molecule has 0 aliphatic heterocycles. The van der Waals surface area contributed by atoms with Gasteiger partial charge in [0.05, 0.1) is 11.9 Å². The fourth-order valence-electron chi connectivity index (χ4n) is 1.82. The summed E-state index contributed by atoms with van der Waals surface area (Å²) in [5, 5.41) is 12.4. The van der Waals surface area contributed by atoms with E-state index in [9.17, 15) is 9.90 Å². The zero-order valence-corrected chi connectivity index (χ0v) is 14.1. The summed E-state index contributed by atoms with van der Waals surface area (Å²) < 4.78 is 5.41. The van der Waals surface area contributed by atoms with Crippen molar-refractivity contribution in [2.24, 2.45) is 0 Å². The van der Waals surface area contributed by atoms with Crippen molar-refractivity contribution in [3.05, 3.63) is 24.0 Å². The van der Waals surface area contributed by atoms with Gasteiger partial charge in [0, 0.05) is 25.7 Å². The van der Waals surface area contributed by atoms with E-state index in [1.807, 2.05) is 34.6 Å². The van der Waals surface area contributed by atoms with Crippen LogP contribution in [0.1, 0.15) is 40.3 Å². The molecule has 2 N–H and O–H groups in total. The Kier molecular flexibility index (Phi) is 6.61. The number of amides is 1. The molecule has 6 nitrogen and oxygen atoms in total. The lowest BCUT2D eigenvalue weighted by Crippen LogP contribution is -2.44. The summed E-state index contributed by atoms with van der Waals surface area (Å²) >= 11 is 0. The first-order chi connectivity index (χ1) is 10.2. The highest BCUT2D eigenvalue weighted by Crippen LogP contribution is 2.11. The molecule has 0 aliphatic carbocycles. The summed E-state index contributed by atoms with van der Waals surface area (Å²) in [4.78, 5) is 17.9. The molecule has 1 heterocycles. The van der Waals surface area contributed by atoms with Crippen LogP contribution in [0.25, 0.3) is 0 Å². The lowest BCUT2D eigenvalue weighted by Gasteiger charge is -2.30. The zero-order valence-electron chi connectivity index (χ0n) is 14.1. The van der Waals surface area contributed by atoms with Crippen molar-refractivity contribution in [1.29, 1.82) is 0 Å². The molecule has 0 saturated carbocycles. The zero-order chi connectivity index (χ0) is 16.8. The summed E-state index contributed by atoms with van der Waals surface area (Å²) in [5.74, 6) is 0.152. The van der Waals surface area contributed by atoms with E-state index in [1.54, 1.807) is 17.0 Å². The number of carbonyl (C=O) groups is 1. The largest absolute Gasteiger partial charge is 0.506 e. The molecule has 0 fully saturated rings. The third-order valence-electron chi connectivity index (χ3n) is 2.90. The first-order valence-electron chi connectivity index (χ1n) is 7.53. The molecule has 0 spiro atoms. The molecular weight excluding hydrogens is 282 g/mol. The molecule has 0 saturated heterocycles. The maximum Gasteiger partial charge on any atom is 0.410 e. The molecule has 0 bridgehead atoms. The summed E-state index contributed by atoms with van der Waals surface area (Å²) in [6.07, 6.45) is 1.12. The minimum absolute atomic E-state index is 0.0726. The van der Waals surface area contributed by atoms with Gasteiger partial charge in [-0.05, 0) is 46.8 Å². The standard InChI is InChI=1S/C16H27N3O3/c1-12(2)19(15(21)22-16(3,4)5)9-8-17-10-13-6-7-14(20)11-18-13/h6-7,11-12,17,20H,8-10H2,1-5H3. The van der Waals surface area contributed by atoms with Gasteiger partial charge in [-0.3, -0.25) is 4.98 Å². The van der Waals surface area contributed by atoms with Gasteiger partial charge in [0.25, 0.3) is 0 Å². The van der Waals surface area contributed by atoms with Gasteiger partial charge < -0.3 is 20.1 Å². The first-order valence-corrected chi connectivity index (χ1v) is 7.53. The van der Waals surface area contributed by atoms with E-state index in [0.29, 0.717) is 19.6 Å². The van der Waals surface area contributed by atoms with E-state index in [0.717, 1.165) is 5.69 Å². The van der Waals surface area contributed by atoms with Crippen molar-refractivity contribution in [1.82, 2.24) is 15.2 Å². The van der Waals surface area contributed by atoms with Crippen molar-refractivity contribution < 1.29 is 14.6 Å². The van der Waals surface area contributed by atoms with Crippen molar-refractivity contribution >= 4 is 6.09 Å². The Bertz CT molecular complexity index is 467. The number of aromatic nitrogens is 1. The van der Waals surface area contributed by atoms with Crippen LogP contribution in [-0.4, -0.2) is 45.8 Å². The molecule has 1 rings (SSSR count). The maximum absolute atomic E-state index is 12.1. The second-order valence-corrected chi connectivity index (χ2v) is 6.45. The van der Waals surface area contributed by atoms with E-state index in [1.165, 1.54) is 6.20 Å². The highest BCUT2D eigenvalue weighted by atomic mass is 16.6. The predicted molar refractivity (Wildman–Crippen MR) is 85.7 cm³/mol. The van der Waals surface area contributed by atoms with Crippen molar-refractivity contribution in [3.8, 4) is 5.75 Å². The summed E-state index contributed by atoms with van der Waals surface area (Å²) in [7, 11) is 0. The fraction of sp³-hybridized carbons (Fsp3) is 0.625. The number of ether oxygens (including phenoxy) is 1. The SMILES string of the molecule is CC(C)N(CCNCc1ccc(O)cn1)C(=O)OC(C)(C)C. The van der Waals surface area contributed by atoms with Gasteiger partial charge in [-0.1, -0.05) is 0 Å². The van der Waals surface area contributed by atoms with Gasteiger partial charge >= 0.3 is 6.09 Å². The lowest BCUT2D eigenvalue weighted by atomic mass is 10.2. The monoisotopic (exact) mass is 309 g/mol. The van der Waals surface area contributed by atoms with Crippen LogP contribution in [0.5, 0.6) is 5.75 Å². The molecule has 124 valence electrons. The molecular formula is C16H27N3O3. The second-order valence-electron chi connectivity index (χ2n) is 6.45. The highest BCUT2D eigenvalue weighted by Gasteiger charge is 2.23. The number of pyridine rings is 1. The minimum Gasteiger partial charge on any atom is -0.506 e. The van der Waals surface area contributed by atoms with Gasteiger partial charge in [-0.25, -0.2) is 4.79 Å². The first kappa shape index (κ1) is 18.2. The summed E-state index contributed by atoms with van der Waals surface area (Å²) in [5.41, 5.74) is 0.347. The number of nitrogens with zero attached hydrogens (tertiary/aromatic N) is 2. The van der Waals surface area contributed by atoms with Gasteiger partial charge in [0.2, 0.25) is 0 Å². The van der Waals surface area contributed by atoms with Crippen molar-refractivity contribution in [3.63, 3.8) is 0 Å². The third kappa shape index (κ3) is 6.76. The lowest BCUT2D eigenvalue weighted by molar-refractivity contribution is 0.0193. The Morgan fingerprint density at radius 2 is 2.09 bits per heavy atom. The molecule has 0 radical (unpaired) electrons. The van der Waals surface area contributed by atoms with Crippen LogP contribution in [0, 0.1) is 0 Å². The van der Waals surface area contributed by atoms with Crippen LogP contribution < -0.4 is 5.32 Å². The number of carbonyl (C=O) groups excluding carboxylic acids is 1. The average molecular weight is 309 g/mol. The Labute approximate surface area is 132 Å². The molecule has 0 unspecified atom stereocenters. The van der Waals surface area contributed by atoms with Crippen LogP contribution in [-0.2, 0) is 11.3 Å². The Morgan fingerprint density at radius 1 is 1.41 bits per heavy atom. The number of rotatable bonds is 6. The number of hydrogen-bond donors (Lipinski definition) is 2. The summed E-state index contributed by atoms with van der Waals surface area (Å²) in [6.45, 7) is 11.3. The van der Waals surface area contributed by atoms with Gasteiger partial charge in [-0.15, -0.1) is 0 Å². The predicted octanol–water partition coefficient (Wildman–Crippen LogP) is 2.52. The minimum atomic E-state index is -0.492. The molecule has 0 atom stereocenters. The molecule has 0 aliphatic rings. The molecule has 22 heavy (non-hydrogen) atoms. The molecule has 6 heteroatoms. The smallest absolute Gasteiger partial charge is 0.410 e. The number of aromatic hydroxyl groups is 1. The van der Waals surface area contributed by atoms with Crippen LogP contribution in [0.4, 0.5) is 4.79 Å². The number of nitrogens with one attached hydrogen (secondary N) is 1. The van der Waals surface area contributed by atoms with Gasteiger partial charge in [0.15, 0.2) is 0 Å². The van der Waals surface area contributed by atoms with Crippen LogP contribution in [0.3, 0.4) is 0 Å². The molecule has 1 aromatic heterocycles. The van der Waals surface area contributed by atoms with E-state index in [4.69, 9.17) is 4.74 Å². The van der Waals surface area contributed by atoms with E-state index >= 15 is 0 Å². The van der Waals surface area contributed by atoms with Gasteiger partial charge in [0.1, 0.15) is 11.4 Å². The van der Waals surface area contributed by atoms with Gasteiger partial charge in [-0.2, -0.15) is 0 Å². The molecule has 0 aromatic carbocycles.